The standard InChI is InChI=1S/C24H23N5O3/c1-15-5-6-17(10-21(15)29-8-7-27-24(29)31)23(30)28-13-19-9-16-3-2-4-20(22(16)32-19)18-11-25-14-26-12-18/h2-6,10-12,14,19H,7-9,13H2,1H3,(H,27,31)(H,28,30)/t19-/m0/s1. The third kappa shape index (κ3) is 3.75. The van der Waals surface area contributed by atoms with Crippen LogP contribution in [-0.2, 0) is 6.42 Å². The van der Waals surface area contributed by atoms with Gasteiger partial charge in [0.1, 0.15) is 18.2 Å². The molecule has 0 bridgehead atoms. The van der Waals surface area contributed by atoms with Gasteiger partial charge in [0.25, 0.3) is 5.91 Å². The number of rotatable bonds is 5. The van der Waals surface area contributed by atoms with Gasteiger partial charge in [-0.15, -0.1) is 0 Å². The molecule has 0 unspecified atom stereocenters. The number of ether oxygens (including phenoxy) is 1. The highest BCUT2D eigenvalue weighted by molar-refractivity contribution is 5.99. The van der Waals surface area contributed by atoms with Crippen LogP contribution in [0.1, 0.15) is 21.5 Å². The van der Waals surface area contributed by atoms with Crippen LogP contribution in [0.2, 0.25) is 0 Å². The van der Waals surface area contributed by atoms with Gasteiger partial charge < -0.3 is 15.4 Å². The number of urea groups is 1. The molecular weight excluding hydrogens is 406 g/mol. The predicted molar refractivity (Wildman–Crippen MR) is 120 cm³/mol. The summed E-state index contributed by atoms with van der Waals surface area (Å²) in [7, 11) is 0. The van der Waals surface area contributed by atoms with Crippen molar-refractivity contribution in [2.45, 2.75) is 19.4 Å². The molecular formula is C24H23N5O3. The first kappa shape index (κ1) is 20.0. The van der Waals surface area contributed by atoms with Crippen LogP contribution in [0.15, 0.2) is 55.1 Å². The van der Waals surface area contributed by atoms with E-state index in [0.717, 1.165) is 33.7 Å². The zero-order valence-electron chi connectivity index (χ0n) is 17.7. The fourth-order valence-electron chi connectivity index (χ4n) is 4.17. The number of fused-ring (bicyclic) bond motifs is 1. The Morgan fingerprint density at radius 3 is 2.88 bits per heavy atom. The maximum absolute atomic E-state index is 12.8. The van der Waals surface area contributed by atoms with Crippen molar-refractivity contribution in [1.82, 2.24) is 20.6 Å². The third-order valence-electron chi connectivity index (χ3n) is 5.81. The summed E-state index contributed by atoms with van der Waals surface area (Å²) in [5.74, 6) is 0.626. The van der Waals surface area contributed by atoms with Crippen LogP contribution in [0, 0.1) is 6.92 Å². The van der Waals surface area contributed by atoms with Crippen molar-refractivity contribution in [2.24, 2.45) is 0 Å². The molecule has 0 aliphatic carbocycles. The van der Waals surface area contributed by atoms with E-state index in [0.29, 0.717) is 31.6 Å². The second-order valence-electron chi connectivity index (χ2n) is 7.96. The first-order valence-electron chi connectivity index (χ1n) is 10.6. The average Bonchev–Trinajstić information content (AvgIpc) is 3.44. The van der Waals surface area contributed by atoms with Gasteiger partial charge in [-0.3, -0.25) is 9.69 Å². The molecule has 1 aromatic heterocycles. The molecule has 3 heterocycles. The third-order valence-corrected chi connectivity index (χ3v) is 5.81. The molecule has 0 spiro atoms. The van der Waals surface area contributed by atoms with Gasteiger partial charge in [0.05, 0.1) is 6.54 Å². The van der Waals surface area contributed by atoms with Crippen molar-refractivity contribution >= 4 is 17.6 Å². The van der Waals surface area contributed by atoms with E-state index in [1.807, 2.05) is 31.2 Å². The SMILES string of the molecule is Cc1ccc(C(=O)NC[C@@H]2Cc3cccc(-c4cncnc4)c3O2)cc1N1CCNC1=O. The van der Waals surface area contributed by atoms with Crippen LogP contribution in [0.4, 0.5) is 10.5 Å². The van der Waals surface area contributed by atoms with Gasteiger partial charge in [-0.1, -0.05) is 24.3 Å². The molecule has 162 valence electrons. The molecule has 2 aliphatic rings. The van der Waals surface area contributed by atoms with Crippen LogP contribution in [0.3, 0.4) is 0 Å². The van der Waals surface area contributed by atoms with Gasteiger partial charge in [0, 0.05) is 54.3 Å². The lowest BCUT2D eigenvalue weighted by molar-refractivity contribution is 0.0933. The Morgan fingerprint density at radius 1 is 1.25 bits per heavy atom. The van der Waals surface area contributed by atoms with Crippen molar-refractivity contribution in [3.05, 3.63) is 71.8 Å². The summed E-state index contributed by atoms with van der Waals surface area (Å²) in [5.41, 5.74) is 5.17. The summed E-state index contributed by atoms with van der Waals surface area (Å²) in [4.78, 5) is 34.7. The summed E-state index contributed by atoms with van der Waals surface area (Å²) in [5, 5.41) is 5.77. The Kier molecular flexibility index (Phi) is 5.18. The van der Waals surface area contributed by atoms with Gasteiger partial charge in [-0.25, -0.2) is 14.8 Å². The molecule has 5 rings (SSSR count). The molecule has 1 atom stereocenters. The molecule has 32 heavy (non-hydrogen) atoms. The Labute approximate surface area is 185 Å². The topological polar surface area (TPSA) is 96.4 Å². The molecule has 2 N–H and O–H groups in total. The van der Waals surface area contributed by atoms with E-state index in [1.54, 1.807) is 29.4 Å². The summed E-state index contributed by atoms with van der Waals surface area (Å²) in [6.07, 6.45) is 5.57. The predicted octanol–water partition coefficient (Wildman–Crippen LogP) is 2.72. The summed E-state index contributed by atoms with van der Waals surface area (Å²) in [6, 6.07) is 11.3. The van der Waals surface area contributed by atoms with E-state index in [2.05, 4.69) is 20.6 Å². The number of aryl methyl sites for hydroxylation is 1. The molecule has 0 radical (unpaired) electrons. The molecule has 2 aliphatic heterocycles. The minimum atomic E-state index is -0.193. The number of hydrogen-bond acceptors (Lipinski definition) is 5. The molecule has 3 amide bonds. The zero-order chi connectivity index (χ0) is 22.1. The highest BCUT2D eigenvalue weighted by Crippen LogP contribution is 2.38. The molecule has 3 aromatic rings. The van der Waals surface area contributed by atoms with Crippen molar-refractivity contribution in [2.75, 3.05) is 24.5 Å². The van der Waals surface area contributed by atoms with Crippen LogP contribution < -0.4 is 20.3 Å². The number of hydrogen-bond donors (Lipinski definition) is 2. The van der Waals surface area contributed by atoms with Gasteiger partial charge >= 0.3 is 6.03 Å². The van der Waals surface area contributed by atoms with Gasteiger partial charge in [-0.05, 0) is 30.2 Å². The Morgan fingerprint density at radius 2 is 2.09 bits per heavy atom. The van der Waals surface area contributed by atoms with Crippen molar-refractivity contribution in [3.63, 3.8) is 0 Å². The Hall–Kier alpha value is -3.94. The lowest BCUT2D eigenvalue weighted by atomic mass is 10.0. The number of carbonyl (C=O) groups is 2. The van der Waals surface area contributed by atoms with E-state index in [4.69, 9.17) is 4.74 Å². The number of aromatic nitrogens is 2. The summed E-state index contributed by atoms with van der Waals surface area (Å²) >= 11 is 0. The Balaban J connectivity index is 1.27. The van der Waals surface area contributed by atoms with Crippen LogP contribution in [-0.4, -0.2) is 47.6 Å². The minimum Gasteiger partial charge on any atom is -0.487 e. The van der Waals surface area contributed by atoms with E-state index >= 15 is 0 Å². The van der Waals surface area contributed by atoms with Crippen LogP contribution in [0.5, 0.6) is 5.75 Å². The highest BCUT2D eigenvalue weighted by Gasteiger charge is 2.27. The molecule has 1 saturated heterocycles. The van der Waals surface area contributed by atoms with Gasteiger partial charge in [0.15, 0.2) is 0 Å². The number of para-hydroxylation sites is 1. The maximum atomic E-state index is 12.8. The second-order valence-corrected chi connectivity index (χ2v) is 7.96. The molecule has 2 aromatic carbocycles. The molecule has 0 saturated carbocycles. The number of carbonyl (C=O) groups excluding carboxylic acids is 2. The lowest BCUT2D eigenvalue weighted by Gasteiger charge is -2.18. The first-order valence-corrected chi connectivity index (χ1v) is 10.6. The number of anilines is 1. The fourth-order valence-corrected chi connectivity index (χ4v) is 4.17. The largest absolute Gasteiger partial charge is 0.487 e. The van der Waals surface area contributed by atoms with Crippen LogP contribution >= 0.6 is 0 Å². The van der Waals surface area contributed by atoms with Gasteiger partial charge in [-0.2, -0.15) is 0 Å². The van der Waals surface area contributed by atoms with E-state index in [9.17, 15) is 9.59 Å². The van der Waals surface area contributed by atoms with E-state index in [1.165, 1.54) is 6.33 Å². The molecule has 1 fully saturated rings. The maximum Gasteiger partial charge on any atom is 0.322 e. The zero-order valence-corrected chi connectivity index (χ0v) is 17.7. The highest BCUT2D eigenvalue weighted by atomic mass is 16.5. The average molecular weight is 429 g/mol. The van der Waals surface area contributed by atoms with E-state index in [-0.39, 0.29) is 18.0 Å². The summed E-state index contributed by atoms with van der Waals surface area (Å²) < 4.78 is 6.19. The van der Waals surface area contributed by atoms with Crippen molar-refractivity contribution < 1.29 is 14.3 Å². The van der Waals surface area contributed by atoms with Crippen molar-refractivity contribution in [1.29, 1.82) is 0 Å². The normalized spacial score (nSPS) is 17.0. The quantitative estimate of drug-likeness (QED) is 0.650. The monoisotopic (exact) mass is 429 g/mol. The minimum absolute atomic E-state index is 0.137. The number of nitrogens with one attached hydrogen (secondary N) is 2. The van der Waals surface area contributed by atoms with Crippen molar-refractivity contribution in [3.8, 4) is 16.9 Å². The molecule has 8 nitrogen and oxygen atoms in total. The number of nitrogens with zero attached hydrogens (tertiary/aromatic N) is 3. The second kappa shape index (κ2) is 8.30. The van der Waals surface area contributed by atoms with Crippen LogP contribution in [0.25, 0.3) is 11.1 Å². The smallest absolute Gasteiger partial charge is 0.322 e. The summed E-state index contributed by atoms with van der Waals surface area (Å²) in [6.45, 7) is 3.51. The first-order chi connectivity index (χ1) is 15.6. The number of benzene rings is 2. The number of amides is 3. The van der Waals surface area contributed by atoms with E-state index < -0.39 is 0 Å². The fraction of sp³-hybridized carbons (Fsp3) is 0.250. The van der Waals surface area contributed by atoms with Gasteiger partial charge in [0.2, 0.25) is 0 Å². The Bertz CT molecular complexity index is 1180. The lowest BCUT2D eigenvalue weighted by Crippen LogP contribution is -2.34. The molecule has 8 heteroatoms.